The van der Waals surface area contributed by atoms with Gasteiger partial charge in [0, 0.05) is 36.9 Å². The fourth-order valence-corrected chi connectivity index (χ4v) is 2.87. The lowest BCUT2D eigenvalue weighted by atomic mass is 10.1. The molecule has 0 aliphatic rings. The summed E-state index contributed by atoms with van der Waals surface area (Å²) in [6, 6.07) is 17.5. The van der Waals surface area contributed by atoms with Gasteiger partial charge < -0.3 is 20.0 Å². The Kier molecular flexibility index (Phi) is 5.13. The third-order valence-corrected chi connectivity index (χ3v) is 4.46. The molecule has 0 atom stereocenters. The Balaban J connectivity index is 1.48. The topological polar surface area (TPSA) is 100 Å². The molecule has 0 spiro atoms. The molecule has 2 N–H and O–H groups in total. The lowest BCUT2D eigenvalue weighted by molar-refractivity contribution is 0.102. The van der Waals surface area contributed by atoms with Crippen LogP contribution in [-0.4, -0.2) is 30.2 Å². The van der Waals surface area contributed by atoms with E-state index in [9.17, 15) is 9.59 Å². The predicted octanol–water partition coefficient (Wildman–Crippen LogP) is 3.64. The first-order valence-corrected chi connectivity index (χ1v) is 9.21. The highest BCUT2D eigenvalue weighted by Crippen LogP contribution is 2.20. The first kappa shape index (κ1) is 19.1. The molecule has 0 saturated heterocycles. The van der Waals surface area contributed by atoms with Crippen LogP contribution in [0.2, 0.25) is 0 Å². The number of fused-ring (bicyclic) bond motifs is 1. The molecule has 0 aliphatic heterocycles. The molecule has 0 unspecified atom stereocenters. The van der Waals surface area contributed by atoms with Gasteiger partial charge in [0.15, 0.2) is 5.82 Å². The minimum absolute atomic E-state index is 0.0494. The van der Waals surface area contributed by atoms with Crippen LogP contribution >= 0.6 is 0 Å². The van der Waals surface area contributed by atoms with Crippen molar-refractivity contribution >= 4 is 39.8 Å². The molecule has 0 aliphatic carbocycles. The van der Waals surface area contributed by atoms with E-state index in [0.29, 0.717) is 22.5 Å². The second-order valence-corrected chi connectivity index (χ2v) is 6.84. The molecule has 0 radical (unpaired) electrons. The number of hydrogen-bond donors (Lipinski definition) is 2. The van der Waals surface area contributed by atoms with Crippen molar-refractivity contribution in [3.05, 3.63) is 82.8 Å². The summed E-state index contributed by atoms with van der Waals surface area (Å²) in [7, 11) is 3.85. The van der Waals surface area contributed by atoms with Crippen molar-refractivity contribution in [1.82, 2.24) is 10.2 Å². The van der Waals surface area contributed by atoms with Crippen LogP contribution in [0, 0.1) is 0 Å². The van der Waals surface area contributed by atoms with Gasteiger partial charge in [0.1, 0.15) is 11.1 Å². The maximum absolute atomic E-state index is 12.5. The van der Waals surface area contributed by atoms with Crippen molar-refractivity contribution in [3.8, 4) is 0 Å². The zero-order chi connectivity index (χ0) is 21.1. The Morgan fingerprint density at radius 2 is 1.73 bits per heavy atom. The van der Waals surface area contributed by atoms with Crippen molar-refractivity contribution < 1.29 is 9.21 Å². The molecule has 4 rings (SSSR count). The van der Waals surface area contributed by atoms with Gasteiger partial charge in [-0.25, -0.2) is 4.79 Å². The molecule has 0 fully saturated rings. The lowest BCUT2D eigenvalue weighted by Gasteiger charge is -2.13. The van der Waals surface area contributed by atoms with Crippen LogP contribution < -0.4 is 21.2 Å². The summed E-state index contributed by atoms with van der Waals surface area (Å²) in [6.45, 7) is 0. The molecule has 2 heterocycles. The van der Waals surface area contributed by atoms with Gasteiger partial charge in [-0.2, -0.15) is 5.10 Å². The van der Waals surface area contributed by atoms with E-state index < -0.39 is 11.5 Å². The summed E-state index contributed by atoms with van der Waals surface area (Å²) in [6.07, 6.45) is 1.67. The van der Waals surface area contributed by atoms with Crippen LogP contribution in [0.4, 0.5) is 22.9 Å². The van der Waals surface area contributed by atoms with E-state index >= 15 is 0 Å². The van der Waals surface area contributed by atoms with Crippen molar-refractivity contribution in [2.45, 2.75) is 0 Å². The number of amides is 1. The van der Waals surface area contributed by atoms with Crippen LogP contribution in [0.25, 0.3) is 11.0 Å². The van der Waals surface area contributed by atoms with Gasteiger partial charge in [0.05, 0.1) is 11.9 Å². The van der Waals surface area contributed by atoms with Crippen molar-refractivity contribution in [2.75, 3.05) is 29.6 Å². The number of nitrogens with zero attached hydrogens (tertiary/aromatic N) is 3. The number of benzene rings is 2. The first-order chi connectivity index (χ1) is 14.5. The summed E-state index contributed by atoms with van der Waals surface area (Å²) in [5.74, 6) is 0.0755. The number of carbonyl (C=O) groups is 1. The van der Waals surface area contributed by atoms with Gasteiger partial charge in [-0.15, -0.1) is 5.10 Å². The number of carbonyl (C=O) groups excluding carboxylic acids is 1. The molecule has 1 amide bonds. The van der Waals surface area contributed by atoms with E-state index in [1.807, 2.05) is 31.1 Å². The van der Waals surface area contributed by atoms with Crippen LogP contribution in [0.1, 0.15) is 10.4 Å². The maximum Gasteiger partial charge on any atom is 0.349 e. The Bertz CT molecular complexity index is 1270. The fraction of sp³-hybridized carbons (Fsp3) is 0.0909. The molecule has 8 nitrogen and oxygen atoms in total. The Hall–Kier alpha value is -4.20. The standard InChI is InChI=1S/C22H19N5O3/c1-27(2)17-12-20(26-23-13-17)24-15-7-9-16(10-8-15)25-21(28)18-11-14-5-3-4-6-19(14)30-22(18)29/h3-13H,1-2H3,(H,24,26)(H,25,28). The minimum atomic E-state index is -0.677. The van der Waals surface area contributed by atoms with E-state index in [2.05, 4.69) is 20.8 Å². The van der Waals surface area contributed by atoms with Gasteiger partial charge >= 0.3 is 5.63 Å². The van der Waals surface area contributed by atoms with Crippen LogP contribution in [-0.2, 0) is 0 Å². The smallest absolute Gasteiger partial charge is 0.349 e. The normalized spacial score (nSPS) is 10.6. The SMILES string of the molecule is CN(C)c1cnnc(Nc2ccc(NC(=O)c3cc4ccccc4oc3=O)cc2)c1. The minimum Gasteiger partial charge on any atom is -0.422 e. The Morgan fingerprint density at radius 1 is 1.00 bits per heavy atom. The van der Waals surface area contributed by atoms with E-state index in [-0.39, 0.29) is 5.56 Å². The van der Waals surface area contributed by atoms with Crippen LogP contribution in [0.5, 0.6) is 0 Å². The molecule has 2 aromatic heterocycles. The van der Waals surface area contributed by atoms with Crippen molar-refractivity contribution in [2.24, 2.45) is 0 Å². The van der Waals surface area contributed by atoms with E-state index in [1.54, 1.807) is 48.7 Å². The molecule has 0 saturated carbocycles. The largest absolute Gasteiger partial charge is 0.422 e. The summed E-state index contributed by atoms with van der Waals surface area (Å²) in [5.41, 5.74) is 1.96. The molecule has 2 aromatic carbocycles. The maximum atomic E-state index is 12.5. The van der Waals surface area contributed by atoms with Crippen molar-refractivity contribution in [1.29, 1.82) is 0 Å². The molecule has 4 aromatic rings. The zero-order valence-corrected chi connectivity index (χ0v) is 16.4. The van der Waals surface area contributed by atoms with E-state index in [0.717, 1.165) is 11.4 Å². The van der Waals surface area contributed by atoms with Crippen molar-refractivity contribution in [3.63, 3.8) is 0 Å². The number of rotatable bonds is 5. The number of anilines is 4. The molecule has 30 heavy (non-hydrogen) atoms. The molecular weight excluding hydrogens is 382 g/mol. The Morgan fingerprint density at radius 3 is 2.50 bits per heavy atom. The third-order valence-electron chi connectivity index (χ3n) is 4.46. The highest BCUT2D eigenvalue weighted by atomic mass is 16.4. The van der Waals surface area contributed by atoms with Gasteiger partial charge in [-0.1, -0.05) is 18.2 Å². The zero-order valence-electron chi connectivity index (χ0n) is 16.4. The van der Waals surface area contributed by atoms with Gasteiger partial charge in [-0.05, 0) is 36.4 Å². The average Bonchev–Trinajstić information content (AvgIpc) is 2.74. The average molecular weight is 401 g/mol. The van der Waals surface area contributed by atoms with E-state index in [4.69, 9.17) is 4.42 Å². The highest BCUT2D eigenvalue weighted by molar-refractivity contribution is 6.05. The predicted molar refractivity (Wildman–Crippen MR) is 117 cm³/mol. The second kappa shape index (κ2) is 8.04. The molecular formula is C22H19N5O3. The third kappa shape index (κ3) is 4.12. The highest BCUT2D eigenvalue weighted by Gasteiger charge is 2.14. The second-order valence-electron chi connectivity index (χ2n) is 6.84. The summed E-state index contributed by atoms with van der Waals surface area (Å²) in [4.78, 5) is 26.6. The first-order valence-electron chi connectivity index (χ1n) is 9.21. The number of aromatic nitrogens is 2. The van der Waals surface area contributed by atoms with Gasteiger partial charge in [0.25, 0.3) is 5.91 Å². The molecule has 150 valence electrons. The number of hydrogen-bond acceptors (Lipinski definition) is 7. The quantitative estimate of drug-likeness (QED) is 0.492. The molecule has 0 bridgehead atoms. The van der Waals surface area contributed by atoms with Gasteiger partial charge in [0.2, 0.25) is 0 Å². The summed E-state index contributed by atoms with van der Waals surface area (Å²) >= 11 is 0. The molecule has 8 heteroatoms. The number of para-hydroxylation sites is 1. The number of nitrogens with one attached hydrogen (secondary N) is 2. The van der Waals surface area contributed by atoms with Crippen LogP contribution in [0.15, 0.2) is 76.1 Å². The monoisotopic (exact) mass is 401 g/mol. The summed E-state index contributed by atoms with van der Waals surface area (Å²) in [5, 5.41) is 14.6. The van der Waals surface area contributed by atoms with E-state index in [1.165, 1.54) is 6.07 Å². The van der Waals surface area contributed by atoms with Gasteiger partial charge in [-0.3, -0.25) is 4.79 Å². The lowest BCUT2D eigenvalue weighted by Crippen LogP contribution is -2.20. The fourth-order valence-electron chi connectivity index (χ4n) is 2.87. The van der Waals surface area contributed by atoms with Crippen LogP contribution in [0.3, 0.4) is 0 Å². The summed E-state index contributed by atoms with van der Waals surface area (Å²) < 4.78 is 5.22. The Labute approximate surface area is 172 Å².